The Kier molecular flexibility index (Phi) is 3.01. The van der Waals surface area contributed by atoms with Gasteiger partial charge in [-0.25, -0.2) is 0 Å². The normalized spacial score (nSPS) is 33.6. The summed E-state index contributed by atoms with van der Waals surface area (Å²) >= 11 is 0. The predicted octanol–water partition coefficient (Wildman–Crippen LogP) is 1.86. The minimum atomic E-state index is 0.539. The Labute approximate surface area is 80.4 Å². The van der Waals surface area contributed by atoms with Crippen molar-refractivity contribution in [1.82, 2.24) is 5.32 Å². The van der Waals surface area contributed by atoms with Crippen LogP contribution in [0.1, 0.15) is 32.6 Å². The highest BCUT2D eigenvalue weighted by molar-refractivity contribution is 5.00. The first-order valence-corrected chi connectivity index (χ1v) is 5.41. The highest BCUT2D eigenvalue weighted by Crippen LogP contribution is 2.25. The molecule has 1 saturated carbocycles. The molecule has 2 nitrogen and oxygen atoms in total. The molecule has 1 fully saturated rings. The Morgan fingerprint density at radius 3 is 2.54 bits per heavy atom. The summed E-state index contributed by atoms with van der Waals surface area (Å²) in [5, 5.41) is 3.66. The van der Waals surface area contributed by atoms with E-state index >= 15 is 0 Å². The van der Waals surface area contributed by atoms with Gasteiger partial charge in [0.1, 0.15) is 0 Å². The van der Waals surface area contributed by atoms with E-state index in [9.17, 15) is 0 Å². The van der Waals surface area contributed by atoms with Gasteiger partial charge in [-0.15, -0.1) is 0 Å². The van der Waals surface area contributed by atoms with Crippen LogP contribution in [0.5, 0.6) is 0 Å². The SMILES string of the molecule is CCOC1CC(NC2CC=CC2)C1. The molecule has 0 aliphatic heterocycles. The molecule has 0 spiro atoms. The number of hydrogen-bond donors (Lipinski definition) is 1. The summed E-state index contributed by atoms with van der Waals surface area (Å²) in [5.41, 5.74) is 0. The van der Waals surface area contributed by atoms with Crippen molar-refractivity contribution in [2.75, 3.05) is 6.61 Å². The molecule has 2 aliphatic rings. The summed E-state index contributed by atoms with van der Waals surface area (Å²) in [6, 6.07) is 1.44. The maximum Gasteiger partial charge on any atom is 0.0604 e. The average molecular weight is 181 g/mol. The monoisotopic (exact) mass is 181 g/mol. The molecule has 0 aromatic rings. The van der Waals surface area contributed by atoms with Crippen molar-refractivity contribution in [2.24, 2.45) is 0 Å². The number of hydrogen-bond acceptors (Lipinski definition) is 2. The third kappa shape index (κ3) is 2.32. The van der Waals surface area contributed by atoms with Crippen LogP contribution in [0.4, 0.5) is 0 Å². The first kappa shape index (κ1) is 9.22. The molecule has 0 radical (unpaired) electrons. The highest BCUT2D eigenvalue weighted by Gasteiger charge is 2.30. The van der Waals surface area contributed by atoms with E-state index < -0.39 is 0 Å². The van der Waals surface area contributed by atoms with Crippen LogP contribution >= 0.6 is 0 Å². The van der Waals surface area contributed by atoms with E-state index in [1.807, 2.05) is 0 Å². The zero-order chi connectivity index (χ0) is 9.10. The van der Waals surface area contributed by atoms with Gasteiger partial charge >= 0.3 is 0 Å². The molecule has 1 N–H and O–H groups in total. The maximum absolute atomic E-state index is 5.52. The summed E-state index contributed by atoms with van der Waals surface area (Å²) in [5.74, 6) is 0. The molecule has 0 unspecified atom stereocenters. The highest BCUT2D eigenvalue weighted by atomic mass is 16.5. The molecule has 2 rings (SSSR count). The van der Waals surface area contributed by atoms with Crippen molar-refractivity contribution in [3.8, 4) is 0 Å². The lowest BCUT2D eigenvalue weighted by atomic mass is 9.88. The third-order valence-corrected chi connectivity index (χ3v) is 2.98. The van der Waals surface area contributed by atoms with E-state index in [4.69, 9.17) is 4.74 Å². The van der Waals surface area contributed by atoms with Crippen molar-refractivity contribution in [2.45, 2.75) is 50.8 Å². The van der Waals surface area contributed by atoms with Crippen molar-refractivity contribution in [1.29, 1.82) is 0 Å². The molecular weight excluding hydrogens is 162 g/mol. The summed E-state index contributed by atoms with van der Waals surface area (Å²) in [6.45, 7) is 2.93. The first-order chi connectivity index (χ1) is 6.38. The van der Waals surface area contributed by atoms with Crippen LogP contribution in [0.2, 0.25) is 0 Å². The van der Waals surface area contributed by atoms with Gasteiger partial charge in [0.25, 0.3) is 0 Å². The van der Waals surface area contributed by atoms with E-state index in [-0.39, 0.29) is 0 Å². The van der Waals surface area contributed by atoms with Crippen LogP contribution in [0.25, 0.3) is 0 Å². The lowest BCUT2D eigenvalue weighted by Gasteiger charge is -2.37. The molecule has 2 heteroatoms. The summed E-state index contributed by atoms with van der Waals surface area (Å²) in [6.07, 6.45) is 9.95. The molecule has 0 saturated heterocycles. The van der Waals surface area contributed by atoms with Gasteiger partial charge in [-0.1, -0.05) is 12.2 Å². The molecule has 13 heavy (non-hydrogen) atoms. The van der Waals surface area contributed by atoms with Gasteiger partial charge < -0.3 is 10.1 Å². The van der Waals surface area contributed by atoms with Crippen LogP contribution in [0.15, 0.2) is 12.2 Å². The van der Waals surface area contributed by atoms with Crippen LogP contribution in [-0.4, -0.2) is 24.8 Å². The predicted molar refractivity (Wildman–Crippen MR) is 53.7 cm³/mol. The topological polar surface area (TPSA) is 21.3 Å². The van der Waals surface area contributed by atoms with Crippen LogP contribution in [-0.2, 0) is 4.74 Å². The molecule has 0 aromatic heterocycles. The largest absolute Gasteiger partial charge is 0.378 e. The second kappa shape index (κ2) is 4.25. The Bertz CT molecular complexity index is 177. The first-order valence-electron chi connectivity index (χ1n) is 5.41. The fourth-order valence-corrected chi connectivity index (χ4v) is 2.16. The second-order valence-electron chi connectivity index (χ2n) is 4.05. The molecule has 2 aliphatic carbocycles. The van der Waals surface area contributed by atoms with E-state index in [0.717, 1.165) is 12.6 Å². The van der Waals surface area contributed by atoms with Crippen LogP contribution in [0, 0.1) is 0 Å². The standard InChI is InChI=1S/C11H19NO/c1-2-13-11-7-10(8-11)12-9-5-3-4-6-9/h3-4,9-12H,2,5-8H2,1H3. The summed E-state index contributed by atoms with van der Waals surface area (Å²) in [4.78, 5) is 0. The van der Waals surface area contributed by atoms with Crippen molar-refractivity contribution in [3.05, 3.63) is 12.2 Å². The van der Waals surface area contributed by atoms with Crippen molar-refractivity contribution >= 4 is 0 Å². The van der Waals surface area contributed by atoms with E-state index in [1.165, 1.54) is 25.7 Å². The van der Waals surface area contributed by atoms with E-state index in [0.29, 0.717) is 12.1 Å². The van der Waals surface area contributed by atoms with E-state index in [2.05, 4.69) is 24.4 Å². The Balaban J connectivity index is 1.58. The minimum absolute atomic E-state index is 0.539. The number of rotatable bonds is 4. The number of nitrogens with one attached hydrogen (secondary N) is 1. The van der Waals surface area contributed by atoms with Gasteiger partial charge in [-0.05, 0) is 32.6 Å². The Morgan fingerprint density at radius 1 is 1.23 bits per heavy atom. The molecule has 0 amide bonds. The molecule has 0 heterocycles. The Hall–Kier alpha value is -0.340. The van der Waals surface area contributed by atoms with Crippen LogP contribution < -0.4 is 5.32 Å². The fraction of sp³-hybridized carbons (Fsp3) is 0.818. The van der Waals surface area contributed by atoms with Gasteiger partial charge in [0, 0.05) is 18.7 Å². The molecule has 0 atom stereocenters. The average Bonchev–Trinajstić information content (AvgIpc) is 2.53. The van der Waals surface area contributed by atoms with Gasteiger partial charge in [-0.3, -0.25) is 0 Å². The summed E-state index contributed by atoms with van der Waals surface area (Å²) in [7, 11) is 0. The lowest BCUT2D eigenvalue weighted by Crippen LogP contribution is -2.48. The zero-order valence-corrected chi connectivity index (χ0v) is 8.33. The molecular formula is C11H19NO. The molecule has 74 valence electrons. The summed E-state index contributed by atoms with van der Waals surface area (Å²) < 4.78 is 5.52. The van der Waals surface area contributed by atoms with E-state index in [1.54, 1.807) is 0 Å². The van der Waals surface area contributed by atoms with Crippen molar-refractivity contribution in [3.63, 3.8) is 0 Å². The minimum Gasteiger partial charge on any atom is -0.378 e. The second-order valence-corrected chi connectivity index (χ2v) is 4.05. The third-order valence-electron chi connectivity index (χ3n) is 2.98. The smallest absolute Gasteiger partial charge is 0.0604 e. The van der Waals surface area contributed by atoms with Gasteiger partial charge in [0.05, 0.1) is 6.10 Å². The van der Waals surface area contributed by atoms with Gasteiger partial charge in [-0.2, -0.15) is 0 Å². The van der Waals surface area contributed by atoms with Crippen LogP contribution in [0.3, 0.4) is 0 Å². The fourth-order valence-electron chi connectivity index (χ4n) is 2.16. The van der Waals surface area contributed by atoms with Crippen molar-refractivity contribution < 1.29 is 4.74 Å². The molecule has 0 bridgehead atoms. The lowest BCUT2D eigenvalue weighted by molar-refractivity contribution is -0.0120. The number of ether oxygens (including phenoxy) is 1. The Morgan fingerprint density at radius 2 is 1.92 bits per heavy atom. The quantitative estimate of drug-likeness (QED) is 0.668. The van der Waals surface area contributed by atoms with Gasteiger partial charge in [0.15, 0.2) is 0 Å². The maximum atomic E-state index is 5.52. The zero-order valence-electron chi connectivity index (χ0n) is 8.33. The molecule has 0 aromatic carbocycles. The van der Waals surface area contributed by atoms with Gasteiger partial charge in [0.2, 0.25) is 0 Å².